The fraction of sp³-hybridized carbons (Fsp3) is 0.208. The molecule has 4 N–H and O–H groups in total. The van der Waals surface area contributed by atoms with E-state index in [1.54, 1.807) is 22.9 Å². The van der Waals surface area contributed by atoms with Gasteiger partial charge in [0.1, 0.15) is 12.4 Å². The molecular formula is C24H22FN7O3. The molecule has 11 heteroatoms. The molecule has 178 valence electrons. The fourth-order valence-corrected chi connectivity index (χ4v) is 4.13. The summed E-state index contributed by atoms with van der Waals surface area (Å²) in [5, 5.41) is 11.2. The van der Waals surface area contributed by atoms with Gasteiger partial charge in [0.15, 0.2) is 17.4 Å². The van der Waals surface area contributed by atoms with E-state index in [0.717, 1.165) is 5.69 Å². The molecule has 2 aromatic heterocycles. The van der Waals surface area contributed by atoms with Crippen molar-refractivity contribution in [1.82, 2.24) is 25.0 Å². The van der Waals surface area contributed by atoms with Gasteiger partial charge in [-0.1, -0.05) is 6.08 Å². The van der Waals surface area contributed by atoms with Crippen molar-refractivity contribution in [3.05, 3.63) is 65.4 Å². The first-order chi connectivity index (χ1) is 16.8. The molecule has 0 fully saturated rings. The zero-order valence-corrected chi connectivity index (χ0v) is 18.8. The number of amides is 2. The molecule has 35 heavy (non-hydrogen) atoms. The van der Waals surface area contributed by atoms with Crippen LogP contribution in [0.2, 0.25) is 0 Å². The van der Waals surface area contributed by atoms with E-state index in [1.165, 1.54) is 30.3 Å². The van der Waals surface area contributed by atoms with Gasteiger partial charge >= 0.3 is 0 Å². The van der Waals surface area contributed by atoms with Gasteiger partial charge in [0.25, 0.3) is 5.91 Å². The zero-order chi connectivity index (χ0) is 24.7. The molecule has 0 unspecified atom stereocenters. The van der Waals surface area contributed by atoms with Crippen LogP contribution in [0.4, 0.5) is 21.7 Å². The van der Waals surface area contributed by atoms with E-state index in [9.17, 15) is 14.4 Å². The number of carbonyl (C=O) groups is 3. The van der Waals surface area contributed by atoms with Crippen LogP contribution < -0.4 is 16.4 Å². The topological polar surface area (TPSA) is 135 Å². The molecule has 5 rings (SSSR count). The third-order valence-corrected chi connectivity index (χ3v) is 6.01. The predicted octanol–water partition coefficient (Wildman–Crippen LogP) is 2.05. The van der Waals surface area contributed by atoms with E-state index < -0.39 is 11.7 Å². The molecule has 0 saturated carbocycles. The number of hydrogen-bond donors (Lipinski definition) is 3. The van der Waals surface area contributed by atoms with Gasteiger partial charge in [-0.2, -0.15) is 5.10 Å². The Morgan fingerprint density at radius 3 is 2.89 bits per heavy atom. The molecule has 3 aromatic rings. The number of anilines is 3. The quantitative estimate of drug-likeness (QED) is 0.492. The van der Waals surface area contributed by atoms with Crippen molar-refractivity contribution < 1.29 is 18.8 Å². The fourth-order valence-electron chi connectivity index (χ4n) is 4.13. The Hall–Kier alpha value is -4.54. The first-order valence-corrected chi connectivity index (χ1v) is 11.0. The van der Waals surface area contributed by atoms with Gasteiger partial charge in [-0.05, 0) is 29.7 Å². The number of pyridine rings is 1. The summed E-state index contributed by atoms with van der Waals surface area (Å²) < 4.78 is 16.7. The minimum Gasteiger partial charge on any atom is -0.396 e. The van der Waals surface area contributed by atoms with Gasteiger partial charge < -0.3 is 21.3 Å². The number of nitrogens with one attached hydrogen (secondary N) is 2. The minimum absolute atomic E-state index is 0.0533. The first kappa shape index (κ1) is 22.3. The van der Waals surface area contributed by atoms with Crippen LogP contribution in [0.25, 0.3) is 10.8 Å². The lowest BCUT2D eigenvalue weighted by Crippen LogP contribution is -2.29. The monoisotopic (exact) mass is 475 g/mol. The summed E-state index contributed by atoms with van der Waals surface area (Å²) in [6.07, 6.45) is 6.75. The smallest absolute Gasteiger partial charge is 0.260 e. The Bertz CT molecular complexity index is 1460. The molecule has 1 aliphatic heterocycles. The highest BCUT2D eigenvalue weighted by Gasteiger charge is 2.24. The molecule has 0 radical (unpaired) electrons. The number of allylic oxidation sites excluding steroid dienone is 4. The SMILES string of the molecule is CN(C(=O)c1cc2cc(Nc3cc4n(n3)CC(=O)NCC4)ncc2c(N)c1F)C1=CC=CC(=O)C1. The number of hydrogen-bond acceptors (Lipinski definition) is 7. The van der Waals surface area contributed by atoms with Crippen molar-refractivity contribution in [2.75, 3.05) is 24.6 Å². The Morgan fingerprint density at radius 2 is 2.09 bits per heavy atom. The number of nitrogens with zero attached hydrogens (tertiary/aromatic N) is 4. The number of ketones is 1. The number of fused-ring (bicyclic) bond motifs is 2. The van der Waals surface area contributed by atoms with Gasteiger partial charge in [-0.15, -0.1) is 0 Å². The van der Waals surface area contributed by atoms with E-state index in [-0.39, 0.29) is 35.9 Å². The second kappa shape index (κ2) is 8.67. The molecule has 1 aliphatic carbocycles. The highest BCUT2D eigenvalue weighted by molar-refractivity contribution is 6.05. The molecule has 0 saturated heterocycles. The first-order valence-electron chi connectivity index (χ1n) is 11.0. The van der Waals surface area contributed by atoms with Gasteiger partial charge in [-0.3, -0.25) is 19.1 Å². The lowest BCUT2D eigenvalue weighted by atomic mass is 10.0. The summed E-state index contributed by atoms with van der Waals surface area (Å²) in [5.41, 5.74) is 6.98. The predicted molar refractivity (Wildman–Crippen MR) is 127 cm³/mol. The van der Waals surface area contributed by atoms with Crippen LogP contribution in [0.5, 0.6) is 0 Å². The molecule has 10 nitrogen and oxygen atoms in total. The van der Waals surface area contributed by atoms with Gasteiger partial charge in [0.2, 0.25) is 5.91 Å². The zero-order valence-electron chi connectivity index (χ0n) is 18.8. The van der Waals surface area contributed by atoms with Crippen molar-refractivity contribution in [3.63, 3.8) is 0 Å². The maximum atomic E-state index is 15.1. The molecule has 2 amide bonds. The summed E-state index contributed by atoms with van der Waals surface area (Å²) in [6, 6.07) is 4.90. The van der Waals surface area contributed by atoms with Crippen LogP contribution >= 0.6 is 0 Å². The standard InChI is InChI=1S/C24H22FN7O3/c1-31(14-3-2-4-16(33)9-14)24(35)17-7-13-8-19(28-11-18(13)23(26)22(17)25)29-20-10-15-5-6-27-21(34)12-32(15)30-20/h2-4,7-8,10-11H,5-6,9,12,26H2,1H3,(H,27,34)(H,28,29,30). The van der Waals surface area contributed by atoms with Crippen LogP contribution in [0.3, 0.4) is 0 Å². The van der Waals surface area contributed by atoms with E-state index in [1.807, 2.05) is 6.07 Å². The number of aromatic nitrogens is 3. The van der Waals surface area contributed by atoms with E-state index in [0.29, 0.717) is 41.1 Å². The van der Waals surface area contributed by atoms with Gasteiger partial charge in [0, 0.05) is 49.1 Å². The number of nitrogens with two attached hydrogens (primary N) is 1. The third kappa shape index (κ3) is 4.23. The number of carbonyl (C=O) groups excluding carboxylic acids is 3. The summed E-state index contributed by atoms with van der Waals surface area (Å²) in [4.78, 5) is 42.1. The molecule has 0 bridgehead atoms. The van der Waals surface area contributed by atoms with Crippen molar-refractivity contribution in [3.8, 4) is 0 Å². The Labute approximate surface area is 199 Å². The third-order valence-electron chi connectivity index (χ3n) is 6.01. The van der Waals surface area contributed by atoms with Gasteiger partial charge in [0.05, 0.1) is 17.7 Å². The Morgan fingerprint density at radius 1 is 1.26 bits per heavy atom. The summed E-state index contributed by atoms with van der Waals surface area (Å²) in [6.45, 7) is 0.671. The van der Waals surface area contributed by atoms with Crippen molar-refractivity contribution in [1.29, 1.82) is 0 Å². The lowest BCUT2D eigenvalue weighted by Gasteiger charge is -2.22. The summed E-state index contributed by atoms with van der Waals surface area (Å²) in [7, 11) is 1.49. The maximum Gasteiger partial charge on any atom is 0.260 e. The average Bonchev–Trinajstić information content (AvgIpc) is 3.11. The van der Waals surface area contributed by atoms with Crippen LogP contribution in [0.1, 0.15) is 22.5 Å². The number of rotatable bonds is 4. The normalized spacial score (nSPS) is 15.3. The Kier molecular flexibility index (Phi) is 5.51. The second-order valence-corrected chi connectivity index (χ2v) is 8.37. The molecular weight excluding hydrogens is 453 g/mol. The number of benzene rings is 1. The maximum absolute atomic E-state index is 15.1. The van der Waals surface area contributed by atoms with E-state index in [4.69, 9.17) is 5.73 Å². The van der Waals surface area contributed by atoms with Crippen molar-refractivity contribution in [2.24, 2.45) is 0 Å². The van der Waals surface area contributed by atoms with Crippen molar-refractivity contribution >= 4 is 45.7 Å². The van der Waals surface area contributed by atoms with E-state index in [2.05, 4.69) is 20.7 Å². The lowest BCUT2D eigenvalue weighted by molar-refractivity contribution is -0.121. The molecule has 1 aromatic carbocycles. The van der Waals surface area contributed by atoms with Crippen LogP contribution in [0, 0.1) is 5.82 Å². The number of nitrogen functional groups attached to an aromatic ring is 1. The second-order valence-electron chi connectivity index (χ2n) is 8.37. The summed E-state index contributed by atoms with van der Waals surface area (Å²) in [5.74, 6) is -0.779. The Balaban J connectivity index is 1.46. The molecule has 3 heterocycles. The molecule has 0 atom stereocenters. The summed E-state index contributed by atoms with van der Waals surface area (Å²) >= 11 is 0. The highest BCUT2D eigenvalue weighted by Crippen LogP contribution is 2.30. The molecule has 0 spiro atoms. The van der Waals surface area contributed by atoms with Crippen molar-refractivity contribution in [2.45, 2.75) is 19.4 Å². The minimum atomic E-state index is -0.841. The van der Waals surface area contributed by atoms with Gasteiger partial charge in [-0.25, -0.2) is 9.37 Å². The molecule has 2 aliphatic rings. The average molecular weight is 475 g/mol. The van der Waals surface area contributed by atoms with Crippen LogP contribution in [-0.2, 0) is 22.6 Å². The van der Waals surface area contributed by atoms with Crippen LogP contribution in [-0.4, -0.2) is 50.9 Å². The highest BCUT2D eigenvalue weighted by atomic mass is 19.1. The van der Waals surface area contributed by atoms with Crippen LogP contribution in [0.15, 0.2) is 48.3 Å². The number of halogens is 1. The van der Waals surface area contributed by atoms with E-state index >= 15 is 4.39 Å². The largest absolute Gasteiger partial charge is 0.396 e.